The van der Waals surface area contributed by atoms with Crippen molar-refractivity contribution in [2.24, 2.45) is 0 Å². The zero-order chi connectivity index (χ0) is 14.4. The fourth-order valence-corrected chi connectivity index (χ4v) is 3.31. The van der Waals surface area contributed by atoms with Crippen LogP contribution in [0.2, 0.25) is 0 Å². The Balaban J connectivity index is 0.00000200. The summed E-state index contributed by atoms with van der Waals surface area (Å²) in [6.07, 6.45) is 0. The van der Waals surface area contributed by atoms with Gasteiger partial charge in [-0.1, -0.05) is 18.2 Å². The predicted octanol–water partition coefficient (Wildman–Crippen LogP) is -2.65. The second-order valence-electron chi connectivity index (χ2n) is 3.74. The molecule has 0 amide bonds. The van der Waals surface area contributed by atoms with Gasteiger partial charge in [-0.25, -0.2) is 16.8 Å². The van der Waals surface area contributed by atoms with Crippen LogP contribution < -0.4 is 35.3 Å². The minimum Gasteiger partial charge on any atom is -0.744 e. The van der Waals surface area contributed by atoms with E-state index in [9.17, 15) is 25.9 Å². The maximum atomic E-state index is 11.2. The molecule has 0 bridgehead atoms. The minimum absolute atomic E-state index is 0. The summed E-state index contributed by atoms with van der Waals surface area (Å²) in [7, 11) is -9.69. The van der Waals surface area contributed by atoms with E-state index in [1.165, 1.54) is 18.2 Å². The number of benzene rings is 2. The monoisotopic (exact) mass is 325 g/mol. The van der Waals surface area contributed by atoms with E-state index in [0.717, 1.165) is 12.1 Å². The molecule has 0 atom stereocenters. The molecule has 0 saturated carbocycles. The first kappa shape index (κ1) is 17.4. The van der Waals surface area contributed by atoms with E-state index in [1.807, 2.05) is 0 Å². The van der Waals surface area contributed by atoms with Crippen LogP contribution in [0.4, 0.5) is 5.69 Å². The molecule has 102 valence electrons. The van der Waals surface area contributed by atoms with Crippen molar-refractivity contribution >= 4 is 36.7 Å². The molecule has 0 aromatic heterocycles. The number of hydrogen-bond acceptors (Lipinski definition) is 7. The van der Waals surface area contributed by atoms with Gasteiger partial charge in [0.15, 0.2) is 0 Å². The molecule has 2 aromatic carbocycles. The fraction of sp³-hybridized carbons (Fsp3) is 0. The zero-order valence-corrected chi connectivity index (χ0v) is 13.9. The van der Waals surface area contributed by atoms with Gasteiger partial charge in [0.05, 0.1) is 9.79 Å². The SMILES string of the molecule is Nc1ccc2c(S(=O)(=O)[O-])cccc2c1S(=O)(=O)[O-].[H+].[Na+]. The first-order valence-corrected chi connectivity index (χ1v) is 7.67. The average Bonchev–Trinajstić information content (AvgIpc) is 2.24. The second kappa shape index (κ2) is 5.60. The van der Waals surface area contributed by atoms with Crippen molar-refractivity contribution in [3.63, 3.8) is 0 Å². The van der Waals surface area contributed by atoms with Crippen LogP contribution in [0, 0.1) is 0 Å². The van der Waals surface area contributed by atoms with Crippen molar-refractivity contribution in [2.45, 2.75) is 9.79 Å². The summed E-state index contributed by atoms with van der Waals surface area (Å²) in [6, 6.07) is 5.67. The summed E-state index contributed by atoms with van der Waals surface area (Å²) in [5.74, 6) is 0. The molecule has 0 unspecified atom stereocenters. The molecule has 7 nitrogen and oxygen atoms in total. The Bertz CT molecular complexity index is 882. The largest absolute Gasteiger partial charge is 1.00 e. The molecule has 2 N–H and O–H groups in total. The van der Waals surface area contributed by atoms with Crippen LogP contribution in [0.5, 0.6) is 0 Å². The van der Waals surface area contributed by atoms with Gasteiger partial charge in [0.1, 0.15) is 20.2 Å². The van der Waals surface area contributed by atoms with Crippen LogP contribution in [-0.2, 0) is 20.2 Å². The Morgan fingerprint density at radius 2 is 1.50 bits per heavy atom. The molecule has 0 radical (unpaired) electrons. The molecule has 2 aromatic rings. The number of nitrogens with two attached hydrogens (primary N) is 1. The Hall–Kier alpha value is -0.680. The summed E-state index contributed by atoms with van der Waals surface area (Å²) < 4.78 is 66.7. The van der Waals surface area contributed by atoms with Crippen molar-refractivity contribution in [1.82, 2.24) is 0 Å². The molecule has 0 heterocycles. The molecule has 0 aliphatic heterocycles. The van der Waals surface area contributed by atoms with Gasteiger partial charge in [0.2, 0.25) is 0 Å². The minimum atomic E-state index is -4.89. The zero-order valence-electron chi connectivity index (χ0n) is 11.2. The van der Waals surface area contributed by atoms with Gasteiger partial charge in [-0.2, -0.15) is 0 Å². The van der Waals surface area contributed by atoms with Gasteiger partial charge in [0, 0.05) is 16.5 Å². The number of anilines is 1. The third kappa shape index (κ3) is 3.14. The molecule has 10 heteroatoms. The summed E-state index contributed by atoms with van der Waals surface area (Å²) in [5, 5.41) is -0.340. The second-order valence-corrected chi connectivity index (χ2v) is 6.41. The molecule has 20 heavy (non-hydrogen) atoms. The Labute approximate surface area is 139 Å². The van der Waals surface area contributed by atoms with Gasteiger partial charge in [-0.05, 0) is 12.1 Å². The molecule has 0 saturated heterocycles. The summed E-state index contributed by atoms with van der Waals surface area (Å²) >= 11 is 0. The number of fused-ring (bicyclic) bond motifs is 1. The topological polar surface area (TPSA) is 140 Å². The Kier molecular flexibility index (Phi) is 4.87. The molecular weight excluding hydrogens is 317 g/mol. The van der Waals surface area contributed by atoms with Crippen molar-refractivity contribution < 1.29 is 56.9 Å². The van der Waals surface area contributed by atoms with Crippen molar-refractivity contribution in [2.75, 3.05) is 5.73 Å². The summed E-state index contributed by atoms with van der Waals surface area (Å²) in [5.41, 5.74) is 5.12. The third-order valence-electron chi connectivity index (χ3n) is 2.52. The van der Waals surface area contributed by atoms with Gasteiger partial charge in [-0.3, -0.25) is 0 Å². The number of rotatable bonds is 2. The van der Waals surface area contributed by atoms with Crippen molar-refractivity contribution in [1.29, 1.82) is 0 Å². The number of hydrogen-bond donors (Lipinski definition) is 1. The first-order valence-electron chi connectivity index (χ1n) is 4.85. The van der Waals surface area contributed by atoms with Crippen molar-refractivity contribution in [3.8, 4) is 0 Å². The van der Waals surface area contributed by atoms with E-state index in [2.05, 4.69) is 0 Å². The average molecular weight is 325 g/mol. The summed E-state index contributed by atoms with van der Waals surface area (Å²) in [6.45, 7) is 0. The fourth-order valence-electron chi connectivity index (χ4n) is 1.82. The van der Waals surface area contributed by atoms with Crippen LogP contribution >= 0.6 is 0 Å². The Morgan fingerprint density at radius 1 is 0.900 bits per heavy atom. The smallest absolute Gasteiger partial charge is 0.744 e. The standard InChI is InChI=1S/C10H9NO6S2.Na/c11-8-5-4-6-7(10(8)19(15,16)17)2-1-3-9(6)18(12,13)14;/h1-5H,11H2,(H,12,13,14)(H,15,16,17);/q;+1/p-1. The molecule has 0 aliphatic rings. The molecule has 2 rings (SSSR count). The van der Waals surface area contributed by atoms with E-state index < -0.39 is 30.0 Å². The summed E-state index contributed by atoms with van der Waals surface area (Å²) in [4.78, 5) is -1.33. The maximum absolute atomic E-state index is 11.2. The van der Waals surface area contributed by atoms with Gasteiger partial charge in [-0.15, -0.1) is 0 Å². The molecular formula is C10H8NNaO6S2. The van der Waals surface area contributed by atoms with E-state index in [4.69, 9.17) is 5.73 Å². The first-order chi connectivity index (χ1) is 8.62. The molecule has 0 fully saturated rings. The number of nitrogen functional groups attached to an aromatic ring is 1. The predicted molar refractivity (Wildman–Crippen MR) is 65.4 cm³/mol. The van der Waals surface area contributed by atoms with Crippen molar-refractivity contribution in [3.05, 3.63) is 30.3 Å². The van der Waals surface area contributed by atoms with Crippen LogP contribution in [-0.4, -0.2) is 25.9 Å². The van der Waals surface area contributed by atoms with Gasteiger partial charge in [0.25, 0.3) is 0 Å². The molecule has 0 spiro atoms. The molecule has 0 aliphatic carbocycles. The van der Waals surface area contributed by atoms with Gasteiger partial charge >= 0.3 is 31.0 Å². The quantitative estimate of drug-likeness (QED) is 0.361. The van der Waals surface area contributed by atoms with Crippen LogP contribution in [0.15, 0.2) is 40.1 Å². The van der Waals surface area contributed by atoms with E-state index in [-0.39, 0.29) is 47.4 Å². The van der Waals surface area contributed by atoms with E-state index in [0.29, 0.717) is 0 Å². The van der Waals surface area contributed by atoms with Crippen LogP contribution in [0.1, 0.15) is 1.43 Å². The van der Waals surface area contributed by atoms with E-state index >= 15 is 0 Å². The maximum Gasteiger partial charge on any atom is 1.00 e. The third-order valence-corrected chi connectivity index (χ3v) is 4.37. The van der Waals surface area contributed by atoms with Crippen LogP contribution in [0.3, 0.4) is 0 Å². The van der Waals surface area contributed by atoms with E-state index in [1.54, 1.807) is 0 Å². The Morgan fingerprint density at radius 3 is 2.00 bits per heavy atom. The van der Waals surface area contributed by atoms with Crippen LogP contribution in [0.25, 0.3) is 10.8 Å². The normalized spacial score (nSPS) is 12.1. The van der Waals surface area contributed by atoms with Gasteiger partial charge < -0.3 is 14.8 Å².